The fraction of sp³-hybridized carbons (Fsp3) is 0.200. The molecule has 0 aliphatic carbocycles. The van der Waals surface area contributed by atoms with Crippen molar-refractivity contribution in [2.75, 3.05) is 6.54 Å². The minimum atomic E-state index is -1.07. The number of aromatic nitrogens is 1. The van der Waals surface area contributed by atoms with Crippen molar-refractivity contribution in [3.63, 3.8) is 0 Å². The molecule has 1 aromatic rings. The second kappa shape index (κ2) is 5.35. The van der Waals surface area contributed by atoms with Gasteiger partial charge in [0.25, 0.3) is 0 Å². The number of carboxylic acids is 1. The van der Waals surface area contributed by atoms with E-state index in [1.807, 2.05) is 0 Å². The number of nitrogens with zero attached hydrogens (tertiary/aromatic N) is 1. The van der Waals surface area contributed by atoms with Gasteiger partial charge in [-0.25, -0.2) is 9.78 Å². The van der Waals surface area contributed by atoms with Crippen molar-refractivity contribution in [3.8, 4) is 11.8 Å². The number of pyridine rings is 1. The molecule has 0 saturated heterocycles. The number of nitrogens with two attached hydrogens (primary N) is 1. The molecule has 0 atom stereocenters. The predicted octanol–water partition coefficient (Wildman–Crippen LogP) is 1.13. The topological polar surface area (TPSA) is 76.2 Å². The van der Waals surface area contributed by atoms with E-state index in [2.05, 4.69) is 16.8 Å². The summed E-state index contributed by atoms with van der Waals surface area (Å²) in [5.41, 5.74) is 5.66. The summed E-state index contributed by atoms with van der Waals surface area (Å²) >= 11 is 5.58. The van der Waals surface area contributed by atoms with Gasteiger partial charge in [-0.2, -0.15) is 0 Å². The van der Waals surface area contributed by atoms with E-state index in [9.17, 15) is 4.79 Å². The molecule has 1 aromatic heterocycles. The van der Waals surface area contributed by atoms with Gasteiger partial charge in [0.15, 0.2) is 0 Å². The molecule has 0 aromatic carbocycles. The number of carboxylic acid groups (broad SMARTS) is 1. The molecule has 78 valence electrons. The van der Waals surface area contributed by atoms with Gasteiger partial charge < -0.3 is 10.8 Å². The smallest absolute Gasteiger partial charge is 0.337 e. The molecule has 0 bridgehead atoms. The molecule has 0 saturated carbocycles. The normalized spacial score (nSPS) is 9.20. The molecule has 0 amide bonds. The average Bonchev–Trinajstić information content (AvgIpc) is 2.20. The third kappa shape index (κ3) is 3.24. The van der Waals surface area contributed by atoms with Gasteiger partial charge in [-0.3, -0.25) is 0 Å². The van der Waals surface area contributed by atoms with E-state index in [1.54, 1.807) is 0 Å². The molecule has 0 radical (unpaired) electrons. The van der Waals surface area contributed by atoms with Crippen LogP contribution in [0.5, 0.6) is 0 Å². The predicted molar refractivity (Wildman–Crippen MR) is 56.8 cm³/mol. The quantitative estimate of drug-likeness (QED) is 0.583. The first-order valence-corrected chi connectivity index (χ1v) is 4.60. The number of hydrogen-bond acceptors (Lipinski definition) is 3. The number of hydrogen-bond donors (Lipinski definition) is 2. The van der Waals surface area contributed by atoms with Gasteiger partial charge in [-0.05, 0) is 6.07 Å². The Morgan fingerprint density at radius 1 is 1.67 bits per heavy atom. The highest BCUT2D eigenvalue weighted by Gasteiger charge is 2.09. The molecule has 0 aliphatic heterocycles. The Kier molecular flexibility index (Phi) is 4.10. The summed E-state index contributed by atoms with van der Waals surface area (Å²) in [5.74, 6) is 4.36. The fourth-order valence-corrected chi connectivity index (χ4v) is 1.09. The van der Waals surface area contributed by atoms with E-state index < -0.39 is 5.97 Å². The Morgan fingerprint density at radius 3 is 3.00 bits per heavy atom. The van der Waals surface area contributed by atoms with Crippen LogP contribution in [0, 0.1) is 11.8 Å². The van der Waals surface area contributed by atoms with E-state index in [-0.39, 0.29) is 10.7 Å². The first kappa shape index (κ1) is 11.5. The van der Waals surface area contributed by atoms with Crippen LogP contribution in [-0.4, -0.2) is 22.6 Å². The minimum absolute atomic E-state index is 0.0551. The molecule has 4 nitrogen and oxygen atoms in total. The number of carbonyl (C=O) groups is 1. The summed E-state index contributed by atoms with van der Waals surface area (Å²) < 4.78 is 0. The number of halogens is 1. The van der Waals surface area contributed by atoms with Crippen LogP contribution in [0.3, 0.4) is 0 Å². The van der Waals surface area contributed by atoms with E-state index in [0.717, 1.165) is 0 Å². The van der Waals surface area contributed by atoms with Crippen molar-refractivity contribution in [1.29, 1.82) is 0 Å². The van der Waals surface area contributed by atoms with Gasteiger partial charge in [0.2, 0.25) is 0 Å². The van der Waals surface area contributed by atoms with E-state index in [4.69, 9.17) is 22.4 Å². The Labute approximate surface area is 92.1 Å². The van der Waals surface area contributed by atoms with Crippen molar-refractivity contribution in [2.24, 2.45) is 5.73 Å². The van der Waals surface area contributed by atoms with Gasteiger partial charge in [-0.15, -0.1) is 0 Å². The lowest BCUT2D eigenvalue weighted by molar-refractivity contribution is 0.0696. The van der Waals surface area contributed by atoms with Crippen LogP contribution in [0.2, 0.25) is 5.15 Å². The molecule has 0 aliphatic rings. The van der Waals surface area contributed by atoms with E-state index >= 15 is 0 Å². The Hall–Kier alpha value is -1.57. The molecule has 0 unspecified atom stereocenters. The zero-order valence-corrected chi connectivity index (χ0v) is 8.58. The SMILES string of the molecule is NCCC#Cc1cnc(Cl)cc1C(=O)O. The van der Waals surface area contributed by atoms with Gasteiger partial charge in [-0.1, -0.05) is 23.4 Å². The second-order valence-corrected chi connectivity index (χ2v) is 3.09. The average molecular weight is 225 g/mol. The molecule has 3 N–H and O–H groups in total. The zero-order chi connectivity index (χ0) is 11.3. The summed E-state index contributed by atoms with van der Waals surface area (Å²) in [5, 5.41) is 9.00. The van der Waals surface area contributed by atoms with Gasteiger partial charge >= 0.3 is 5.97 Å². The van der Waals surface area contributed by atoms with Gasteiger partial charge in [0.05, 0.1) is 11.1 Å². The Balaban J connectivity index is 3.08. The van der Waals surface area contributed by atoms with Crippen LogP contribution >= 0.6 is 11.6 Å². The number of aromatic carboxylic acids is 1. The first-order chi connectivity index (χ1) is 7.15. The van der Waals surface area contributed by atoms with Crippen molar-refractivity contribution in [1.82, 2.24) is 4.98 Å². The zero-order valence-electron chi connectivity index (χ0n) is 7.83. The highest BCUT2D eigenvalue weighted by Crippen LogP contribution is 2.12. The maximum atomic E-state index is 10.8. The molecular weight excluding hydrogens is 216 g/mol. The lowest BCUT2D eigenvalue weighted by atomic mass is 10.1. The van der Waals surface area contributed by atoms with Gasteiger partial charge in [0, 0.05) is 19.2 Å². The molecule has 1 heterocycles. The van der Waals surface area contributed by atoms with Crippen LogP contribution in [-0.2, 0) is 0 Å². The Morgan fingerprint density at radius 2 is 2.40 bits per heavy atom. The Bertz CT molecular complexity index is 435. The summed E-state index contributed by atoms with van der Waals surface area (Å²) in [6.07, 6.45) is 1.86. The first-order valence-electron chi connectivity index (χ1n) is 4.23. The van der Waals surface area contributed by atoms with Crippen molar-refractivity contribution >= 4 is 17.6 Å². The van der Waals surface area contributed by atoms with Crippen LogP contribution < -0.4 is 5.73 Å². The summed E-state index contributed by atoms with van der Waals surface area (Å²) in [4.78, 5) is 14.6. The van der Waals surface area contributed by atoms with Crippen molar-refractivity contribution < 1.29 is 9.90 Å². The highest BCUT2D eigenvalue weighted by atomic mass is 35.5. The molecule has 0 spiro atoms. The standard InChI is InChI=1S/C10H9ClN2O2/c11-9-5-8(10(14)15)7(6-13-9)3-1-2-4-12/h5-6H,2,4,12H2,(H,14,15). The summed E-state index contributed by atoms with van der Waals surface area (Å²) in [6, 6.07) is 1.27. The van der Waals surface area contributed by atoms with Crippen LogP contribution in [0.25, 0.3) is 0 Å². The maximum Gasteiger partial charge on any atom is 0.337 e. The molecule has 15 heavy (non-hydrogen) atoms. The van der Waals surface area contributed by atoms with Crippen molar-refractivity contribution in [3.05, 3.63) is 28.5 Å². The molecule has 5 heteroatoms. The molecular formula is C10H9ClN2O2. The van der Waals surface area contributed by atoms with Crippen molar-refractivity contribution in [2.45, 2.75) is 6.42 Å². The van der Waals surface area contributed by atoms with Crippen LogP contribution in [0.1, 0.15) is 22.3 Å². The lowest BCUT2D eigenvalue weighted by Gasteiger charge is -1.98. The highest BCUT2D eigenvalue weighted by molar-refractivity contribution is 6.29. The third-order valence-electron chi connectivity index (χ3n) is 1.59. The molecule has 0 fully saturated rings. The van der Waals surface area contributed by atoms with E-state index in [0.29, 0.717) is 18.5 Å². The second-order valence-electron chi connectivity index (χ2n) is 2.70. The van der Waals surface area contributed by atoms with Crippen LogP contribution in [0.4, 0.5) is 0 Å². The summed E-state index contributed by atoms with van der Waals surface area (Å²) in [7, 11) is 0. The maximum absolute atomic E-state index is 10.8. The third-order valence-corrected chi connectivity index (χ3v) is 1.80. The lowest BCUT2D eigenvalue weighted by Crippen LogP contribution is -2.01. The monoisotopic (exact) mass is 224 g/mol. The summed E-state index contributed by atoms with van der Waals surface area (Å²) in [6.45, 7) is 0.441. The largest absolute Gasteiger partial charge is 0.478 e. The van der Waals surface area contributed by atoms with Gasteiger partial charge in [0.1, 0.15) is 5.15 Å². The van der Waals surface area contributed by atoms with E-state index in [1.165, 1.54) is 12.3 Å². The fourth-order valence-electron chi connectivity index (χ4n) is 0.936. The minimum Gasteiger partial charge on any atom is -0.478 e. The number of rotatable bonds is 2. The molecule has 1 rings (SSSR count). The van der Waals surface area contributed by atoms with Crippen LogP contribution in [0.15, 0.2) is 12.3 Å².